The van der Waals surface area contributed by atoms with E-state index in [1.54, 1.807) is 0 Å². The quantitative estimate of drug-likeness (QED) is 0.304. The lowest BCUT2D eigenvalue weighted by molar-refractivity contribution is 0.0691. The molecule has 0 aromatic heterocycles. The summed E-state index contributed by atoms with van der Waals surface area (Å²) in [5, 5.41) is 0. The molecule has 0 aliphatic carbocycles. The summed E-state index contributed by atoms with van der Waals surface area (Å²) in [4.78, 5) is 0. The van der Waals surface area contributed by atoms with Gasteiger partial charge in [-0.1, -0.05) is 0 Å². The van der Waals surface area contributed by atoms with Crippen molar-refractivity contribution < 1.29 is 8.92 Å². The minimum absolute atomic E-state index is 0.253. The second-order valence-electron chi connectivity index (χ2n) is 0.536. The van der Waals surface area contributed by atoms with Crippen molar-refractivity contribution in [3.05, 3.63) is 0 Å². The van der Waals surface area contributed by atoms with Crippen molar-refractivity contribution in [2.45, 2.75) is 0 Å². The average Bonchev–Trinajstić information content (AvgIpc) is 1.41. The first-order valence-electron chi connectivity index (χ1n) is 1.17. The number of hydrogen-bond acceptors (Lipinski definition) is 3. The maximum atomic E-state index is 4.39. The van der Waals surface area contributed by atoms with Gasteiger partial charge in [0, 0.05) is 7.11 Å². The molecule has 0 atom stereocenters. The molecule has 0 fully saturated rings. The maximum absolute atomic E-state index is 4.39. The van der Waals surface area contributed by atoms with Gasteiger partial charge in [-0.3, -0.25) is 4.18 Å². The molecule has 0 bridgehead atoms. The third kappa shape index (κ3) is 4.27. The molecule has 0 aliphatic heterocycles. The third-order valence-electron chi connectivity index (χ3n) is 0.171. The van der Waals surface area contributed by atoms with E-state index in [0.29, 0.717) is 0 Å². The SMILES string of the molecule is COCOS. The van der Waals surface area contributed by atoms with E-state index in [9.17, 15) is 0 Å². The topological polar surface area (TPSA) is 18.5 Å². The van der Waals surface area contributed by atoms with Crippen molar-refractivity contribution in [1.29, 1.82) is 0 Å². The molecule has 0 radical (unpaired) electrons. The van der Waals surface area contributed by atoms with Gasteiger partial charge >= 0.3 is 0 Å². The molecule has 0 aromatic rings. The van der Waals surface area contributed by atoms with Crippen LogP contribution in [0.5, 0.6) is 0 Å². The summed E-state index contributed by atoms with van der Waals surface area (Å²) in [6.07, 6.45) is 0. The number of thiol groups is 1. The summed E-state index contributed by atoms with van der Waals surface area (Å²) in [7, 11) is 1.54. The van der Waals surface area contributed by atoms with Crippen molar-refractivity contribution in [3.63, 3.8) is 0 Å². The minimum Gasteiger partial charge on any atom is -0.358 e. The Labute approximate surface area is 36.7 Å². The van der Waals surface area contributed by atoms with Gasteiger partial charge in [-0.25, -0.2) is 0 Å². The van der Waals surface area contributed by atoms with Crippen LogP contribution in [-0.4, -0.2) is 13.9 Å². The summed E-state index contributed by atoms with van der Waals surface area (Å²) < 4.78 is 8.56. The lowest BCUT2D eigenvalue weighted by atomic mass is 11.4. The van der Waals surface area contributed by atoms with Crippen LogP contribution in [0.2, 0.25) is 0 Å². The summed E-state index contributed by atoms with van der Waals surface area (Å²) in [5.41, 5.74) is 0. The van der Waals surface area contributed by atoms with E-state index < -0.39 is 0 Å². The van der Waals surface area contributed by atoms with E-state index in [2.05, 4.69) is 21.8 Å². The monoisotopic (exact) mass is 94.0 g/mol. The molecule has 5 heavy (non-hydrogen) atoms. The Morgan fingerprint density at radius 2 is 2.40 bits per heavy atom. The Kier molecular flexibility index (Phi) is 4.50. The van der Waals surface area contributed by atoms with Crippen LogP contribution in [0, 0.1) is 0 Å². The van der Waals surface area contributed by atoms with Gasteiger partial charge in [-0.2, -0.15) is 0 Å². The van der Waals surface area contributed by atoms with Crippen molar-refractivity contribution in [2.75, 3.05) is 13.9 Å². The first kappa shape index (κ1) is 5.27. The molecule has 0 saturated carbocycles. The second kappa shape index (κ2) is 4.27. The molecule has 0 N–H and O–H groups in total. The van der Waals surface area contributed by atoms with Gasteiger partial charge in [0.1, 0.15) is 0 Å². The largest absolute Gasteiger partial charge is 0.358 e. The molecule has 0 aromatic carbocycles. The third-order valence-corrected chi connectivity index (χ3v) is 0.276. The van der Waals surface area contributed by atoms with Gasteiger partial charge in [0.15, 0.2) is 6.79 Å². The first-order chi connectivity index (χ1) is 2.41. The highest BCUT2D eigenvalue weighted by Gasteiger charge is 1.64. The van der Waals surface area contributed by atoms with Crippen LogP contribution in [0.3, 0.4) is 0 Å². The second-order valence-corrected chi connectivity index (χ2v) is 0.794. The van der Waals surface area contributed by atoms with Crippen LogP contribution < -0.4 is 0 Å². The number of hydrogen-bond donors (Lipinski definition) is 1. The Bertz CT molecular complexity index is 15.1. The molecule has 3 heteroatoms. The van der Waals surface area contributed by atoms with E-state index >= 15 is 0 Å². The van der Waals surface area contributed by atoms with Gasteiger partial charge in [-0.05, 0) is 12.9 Å². The van der Waals surface area contributed by atoms with Crippen molar-refractivity contribution in [2.24, 2.45) is 0 Å². The molecule has 0 heterocycles. The van der Waals surface area contributed by atoms with E-state index in [-0.39, 0.29) is 6.79 Å². The van der Waals surface area contributed by atoms with Crippen LogP contribution in [-0.2, 0) is 8.92 Å². The zero-order valence-corrected chi connectivity index (χ0v) is 3.87. The van der Waals surface area contributed by atoms with Crippen LogP contribution in [0.1, 0.15) is 0 Å². The molecule has 0 saturated heterocycles. The molecule has 2 nitrogen and oxygen atoms in total. The first-order valence-corrected chi connectivity index (χ1v) is 1.53. The van der Waals surface area contributed by atoms with Crippen molar-refractivity contribution in [3.8, 4) is 0 Å². The maximum Gasteiger partial charge on any atom is 0.159 e. The average molecular weight is 94.1 g/mol. The fourth-order valence-electron chi connectivity index (χ4n) is 0.0527. The van der Waals surface area contributed by atoms with Gasteiger partial charge in [0.2, 0.25) is 0 Å². The summed E-state index contributed by atoms with van der Waals surface area (Å²) in [5.74, 6) is 0. The van der Waals surface area contributed by atoms with Crippen LogP contribution in [0.15, 0.2) is 0 Å². The number of ether oxygens (including phenoxy) is 1. The van der Waals surface area contributed by atoms with E-state index in [1.807, 2.05) is 0 Å². The smallest absolute Gasteiger partial charge is 0.159 e. The van der Waals surface area contributed by atoms with Crippen molar-refractivity contribution >= 4 is 12.9 Å². The Hall–Kier alpha value is 0.270. The molecule has 0 unspecified atom stereocenters. The van der Waals surface area contributed by atoms with E-state index in [4.69, 9.17) is 0 Å². The Morgan fingerprint density at radius 3 is 2.40 bits per heavy atom. The molecule has 32 valence electrons. The van der Waals surface area contributed by atoms with Gasteiger partial charge in [-0.15, -0.1) is 0 Å². The van der Waals surface area contributed by atoms with Gasteiger partial charge < -0.3 is 4.74 Å². The lowest BCUT2D eigenvalue weighted by Crippen LogP contribution is -1.82. The fraction of sp³-hybridized carbons (Fsp3) is 1.00. The normalized spacial score (nSPS) is 8.40. The van der Waals surface area contributed by atoms with Crippen LogP contribution in [0.4, 0.5) is 0 Å². The van der Waals surface area contributed by atoms with Gasteiger partial charge in [0.05, 0.1) is 0 Å². The zero-order chi connectivity index (χ0) is 4.12. The lowest BCUT2D eigenvalue weighted by Gasteiger charge is -1.85. The van der Waals surface area contributed by atoms with Crippen molar-refractivity contribution in [1.82, 2.24) is 0 Å². The molecular formula is C2H6O2S. The zero-order valence-electron chi connectivity index (χ0n) is 2.97. The summed E-state index contributed by atoms with van der Waals surface area (Å²) >= 11 is 3.38. The number of rotatable bonds is 2. The summed E-state index contributed by atoms with van der Waals surface area (Å²) in [6.45, 7) is 0.253. The van der Waals surface area contributed by atoms with Crippen LogP contribution in [0.25, 0.3) is 0 Å². The molecule has 0 aliphatic rings. The molecular weight excluding hydrogens is 88.1 g/mol. The highest BCUT2D eigenvalue weighted by molar-refractivity contribution is 7.75. The predicted octanol–water partition coefficient (Wildman–Crippen LogP) is 0.452. The molecule has 0 spiro atoms. The Balaban J connectivity index is 2.19. The van der Waals surface area contributed by atoms with Crippen LogP contribution >= 0.6 is 12.9 Å². The summed E-state index contributed by atoms with van der Waals surface area (Å²) in [6, 6.07) is 0. The molecule has 0 amide bonds. The molecule has 0 rings (SSSR count). The fourth-order valence-corrected chi connectivity index (χ4v) is 0.158. The highest BCUT2D eigenvalue weighted by atomic mass is 32.1. The van der Waals surface area contributed by atoms with E-state index in [0.717, 1.165) is 0 Å². The number of methoxy groups -OCH3 is 1. The van der Waals surface area contributed by atoms with E-state index in [1.165, 1.54) is 7.11 Å². The predicted molar refractivity (Wildman–Crippen MR) is 21.9 cm³/mol. The minimum atomic E-state index is 0.253. The standard InChI is InChI=1S/C2H6O2S/c1-3-2-4-5/h5H,2H2,1H3. The Morgan fingerprint density at radius 1 is 1.80 bits per heavy atom. The van der Waals surface area contributed by atoms with Gasteiger partial charge in [0.25, 0.3) is 0 Å². The highest BCUT2D eigenvalue weighted by Crippen LogP contribution is 1.73.